The molecule has 2 atom stereocenters. The second-order valence-electron chi connectivity index (χ2n) is 5.29. The zero-order chi connectivity index (χ0) is 17.3. The molecule has 0 saturated carbocycles. The zero-order valence-corrected chi connectivity index (χ0v) is 14.5. The van der Waals surface area contributed by atoms with Crippen molar-refractivity contribution >= 4 is 13.6 Å². The minimum absolute atomic E-state index is 0.0592. The fraction of sp³-hybridized carbons (Fsp3) is 0.750. The van der Waals surface area contributed by atoms with Crippen molar-refractivity contribution in [1.29, 1.82) is 0 Å². The molecule has 0 aromatic carbocycles. The Hall–Kier alpha value is -1.32. The molecule has 2 heterocycles. The predicted molar refractivity (Wildman–Crippen MR) is 76.8 cm³/mol. The Kier molecular flexibility index (Phi) is 5.22. The quantitative estimate of drug-likeness (QED) is 0.549. The summed E-state index contributed by atoms with van der Waals surface area (Å²) in [7, 11) is 0.288. The summed E-state index contributed by atoms with van der Waals surface area (Å²) in [6, 6.07) is 0. The number of hydrogen-bond acceptors (Lipinski definition) is 9. The van der Waals surface area contributed by atoms with Crippen LogP contribution in [0.15, 0.2) is 6.20 Å². The van der Waals surface area contributed by atoms with E-state index < -0.39 is 31.3 Å². The third-order valence-corrected chi connectivity index (χ3v) is 5.36. The van der Waals surface area contributed by atoms with Crippen LogP contribution in [0.1, 0.15) is 24.3 Å². The van der Waals surface area contributed by atoms with Gasteiger partial charge in [-0.05, 0) is 13.8 Å². The molecule has 1 aromatic rings. The number of ether oxygens (including phenoxy) is 3. The van der Waals surface area contributed by atoms with Crippen molar-refractivity contribution in [2.24, 2.45) is 0 Å². The van der Waals surface area contributed by atoms with Gasteiger partial charge in [0.25, 0.3) is 0 Å². The van der Waals surface area contributed by atoms with Gasteiger partial charge in [-0.1, -0.05) is 5.21 Å². The van der Waals surface area contributed by atoms with E-state index in [0.717, 1.165) is 0 Å². The van der Waals surface area contributed by atoms with Gasteiger partial charge in [-0.3, -0.25) is 4.57 Å². The molecule has 1 aromatic heterocycles. The van der Waals surface area contributed by atoms with Crippen LogP contribution in [0.4, 0.5) is 0 Å². The predicted octanol–water partition coefficient (Wildman–Crippen LogP) is 1.03. The molecular formula is C12H20N3O7P. The van der Waals surface area contributed by atoms with E-state index >= 15 is 0 Å². The Labute approximate surface area is 133 Å². The molecule has 0 amide bonds. The molecule has 10 nitrogen and oxygen atoms in total. The Balaban J connectivity index is 2.20. The average Bonchev–Trinajstić information content (AvgIpc) is 3.10. The molecule has 0 aliphatic carbocycles. The van der Waals surface area contributed by atoms with Gasteiger partial charge in [0.15, 0.2) is 17.3 Å². The smallest absolute Gasteiger partial charge is 0.361 e. The fourth-order valence-electron chi connectivity index (χ4n) is 2.27. The summed E-state index contributed by atoms with van der Waals surface area (Å²) in [5, 5.41) is 7.53. The van der Waals surface area contributed by atoms with E-state index in [-0.39, 0.29) is 12.2 Å². The topological polar surface area (TPSA) is 111 Å². The summed E-state index contributed by atoms with van der Waals surface area (Å²) >= 11 is 0. The monoisotopic (exact) mass is 349 g/mol. The van der Waals surface area contributed by atoms with Crippen molar-refractivity contribution in [2.75, 3.05) is 21.3 Å². The Bertz CT molecular complexity index is 610. The van der Waals surface area contributed by atoms with E-state index in [4.69, 9.17) is 18.5 Å². The van der Waals surface area contributed by atoms with Gasteiger partial charge in [-0.2, -0.15) is 0 Å². The van der Waals surface area contributed by atoms with E-state index in [1.54, 1.807) is 13.8 Å². The highest BCUT2D eigenvalue weighted by atomic mass is 31.2. The summed E-state index contributed by atoms with van der Waals surface area (Å²) in [5.74, 6) is -2.50. The van der Waals surface area contributed by atoms with Crippen molar-refractivity contribution in [1.82, 2.24) is 15.0 Å². The van der Waals surface area contributed by atoms with Crippen LogP contribution in [0, 0.1) is 0 Å². The molecule has 2 rings (SSSR count). The Morgan fingerprint density at radius 1 is 1.35 bits per heavy atom. The van der Waals surface area contributed by atoms with Gasteiger partial charge in [-0.25, -0.2) is 9.48 Å². The molecule has 1 aliphatic heterocycles. The van der Waals surface area contributed by atoms with E-state index in [1.807, 2.05) is 0 Å². The van der Waals surface area contributed by atoms with E-state index in [1.165, 1.54) is 32.2 Å². The van der Waals surface area contributed by atoms with Crippen LogP contribution in [0.2, 0.25) is 0 Å². The second-order valence-corrected chi connectivity index (χ2v) is 7.61. The number of hydrogen-bond donors (Lipinski definition) is 0. The highest BCUT2D eigenvalue weighted by Crippen LogP contribution is 2.57. The van der Waals surface area contributed by atoms with Crippen LogP contribution in [0.25, 0.3) is 0 Å². The zero-order valence-electron chi connectivity index (χ0n) is 13.6. The summed E-state index contributed by atoms with van der Waals surface area (Å²) in [6.07, 6.45) is 0.741. The lowest BCUT2D eigenvalue weighted by Gasteiger charge is -2.23. The molecule has 11 heteroatoms. The largest absolute Gasteiger partial charge is 0.464 e. The number of aromatic nitrogens is 3. The highest BCUT2D eigenvalue weighted by molar-refractivity contribution is 7.54. The molecule has 0 unspecified atom stereocenters. The summed E-state index contributed by atoms with van der Waals surface area (Å²) < 4.78 is 40.0. The number of nitrogens with zero attached hydrogens (tertiary/aromatic N) is 3. The summed E-state index contributed by atoms with van der Waals surface area (Å²) in [4.78, 5) is 11.4. The second kappa shape index (κ2) is 6.66. The van der Waals surface area contributed by atoms with Gasteiger partial charge in [-0.15, -0.1) is 5.10 Å². The van der Waals surface area contributed by atoms with Gasteiger partial charge < -0.3 is 23.3 Å². The normalized spacial score (nSPS) is 23.9. The van der Waals surface area contributed by atoms with Crippen molar-refractivity contribution in [3.63, 3.8) is 0 Å². The van der Waals surface area contributed by atoms with Crippen LogP contribution in [-0.2, 0) is 34.4 Å². The average molecular weight is 349 g/mol. The maximum absolute atomic E-state index is 12.6. The van der Waals surface area contributed by atoms with Gasteiger partial charge in [0, 0.05) is 14.2 Å². The third-order valence-electron chi connectivity index (χ3n) is 3.28. The number of methoxy groups -OCH3 is 1. The highest BCUT2D eigenvalue weighted by Gasteiger charge is 2.52. The lowest BCUT2D eigenvalue weighted by atomic mass is 10.3. The number of esters is 1. The van der Waals surface area contributed by atoms with E-state index in [2.05, 4.69) is 15.0 Å². The molecule has 1 fully saturated rings. The van der Waals surface area contributed by atoms with Gasteiger partial charge in [0.05, 0.1) is 19.9 Å². The summed E-state index contributed by atoms with van der Waals surface area (Å²) in [6.45, 7) is 3.53. The maximum atomic E-state index is 12.6. The minimum Gasteiger partial charge on any atom is -0.464 e. The third kappa shape index (κ3) is 3.78. The van der Waals surface area contributed by atoms with E-state index in [9.17, 15) is 9.36 Å². The summed E-state index contributed by atoms with van der Waals surface area (Å²) in [5.41, 5.74) is 0.0592. The first-order valence-electron chi connectivity index (χ1n) is 6.80. The van der Waals surface area contributed by atoms with E-state index in [0.29, 0.717) is 0 Å². The van der Waals surface area contributed by atoms with Crippen LogP contribution in [0.3, 0.4) is 0 Å². The van der Waals surface area contributed by atoms with Crippen molar-refractivity contribution in [2.45, 2.75) is 38.1 Å². The van der Waals surface area contributed by atoms with Gasteiger partial charge in [0.1, 0.15) is 6.10 Å². The molecule has 1 aliphatic rings. The maximum Gasteiger partial charge on any atom is 0.361 e. The molecule has 1 saturated heterocycles. The number of rotatable bonds is 6. The van der Waals surface area contributed by atoms with Crippen molar-refractivity contribution < 1.29 is 32.6 Å². The van der Waals surface area contributed by atoms with Crippen LogP contribution < -0.4 is 0 Å². The molecular weight excluding hydrogens is 329 g/mol. The first-order valence-corrected chi connectivity index (χ1v) is 8.41. The number of carbonyl (C=O) groups excluding carboxylic acids is 1. The first kappa shape index (κ1) is 18.0. The van der Waals surface area contributed by atoms with Crippen LogP contribution >= 0.6 is 7.60 Å². The fourth-order valence-corrected chi connectivity index (χ4v) is 3.78. The molecule has 0 N–H and O–H groups in total. The molecule has 23 heavy (non-hydrogen) atoms. The molecule has 0 bridgehead atoms. The Morgan fingerprint density at radius 2 is 2.00 bits per heavy atom. The Morgan fingerprint density at radius 3 is 2.57 bits per heavy atom. The SMILES string of the molecule is COC(=O)c1cn(C[C@@H]2OC(C)(C)O[C@@H]2P(=O)(OC)OC)nn1. The van der Waals surface area contributed by atoms with Gasteiger partial charge in [0.2, 0.25) is 0 Å². The van der Waals surface area contributed by atoms with Crippen LogP contribution in [0.5, 0.6) is 0 Å². The van der Waals surface area contributed by atoms with Gasteiger partial charge >= 0.3 is 13.6 Å². The first-order chi connectivity index (χ1) is 10.7. The lowest BCUT2D eigenvalue weighted by Crippen LogP contribution is -2.29. The van der Waals surface area contributed by atoms with Crippen molar-refractivity contribution in [3.05, 3.63) is 11.9 Å². The van der Waals surface area contributed by atoms with Crippen LogP contribution in [-0.4, -0.2) is 60.0 Å². The molecule has 130 valence electrons. The molecule has 0 spiro atoms. The number of carbonyl (C=O) groups is 1. The van der Waals surface area contributed by atoms with Crippen molar-refractivity contribution in [3.8, 4) is 0 Å². The minimum atomic E-state index is -3.52. The lowest BCUT2D eigenvalue weighted by molar-refractivity contribution is -0.143. The standard InChI is InChI=1S/C12H20N3O7P/c1-12(2)21-9(11(22-12)23(17,19-4)20-5)7-15-6-8(13-14-15)10(16)18-3/h6,9,11H,7H2,1-5H3/t9-,11+/m0/s1. The molecule has 0 radical (unpaired) electrons.